The Morgan fingerprint density at radius 2 is 1.60 bits per heavy atom. The summed E-state index contributed by atoms with van der Waals surface area (Å²) in [7, 11) is 0. The summed E-state index contributed by atoms with van der Waals surface area (Å²) in [6, 6.07) is 3.61. The standard InChI is InChI=1S/C11H14F3N/c1-7-3-8(2)5-9(4-7)6-10(15)11(12,13)14/h3-5,10H,6,15H2,1-2H3. The summed E-state index contributed by atoms with van der Waals surface area (Å²) in [6.45, 7) is 3.71. The van der Waals surface area contributed by atoms with Crippen molar-refractivity contribution in [1.82, 2.24) is 0 Å². The Morgan fingerprint density at radius 1 is 1.13 bits per heavy atom. The monoisotopic (exact) mass is 217 g/mol. The van der Waals surface area contributed by atoms with Crippen molar-refractivity contribution in [3.05, 3.63) is 34.9 Å². The highest BCUT2D eigenvalue weighted by Gasteiger charge is 2.36. The molecule has 0 saturated carbocycles. The van der Waals surface area contributed by atoms with Crippen LogP contribution in [0.25, 0.3) is 0 Å². The third kappa shape index (κ3) is 3.55. The van der Waals surface area contributed by atoms with Crippen LogP contribution in [0.2, 0.25) is 0 Å². The molecule has 1 aromatic rings. The van der Waals surface area contributed by atoms with Gasteiger partial charge in [0, 0.05) is 0 Å². The zero-order chi connectivity index (χ0) is 11.6. The SMILES string of the molecule is Cc1cc(C)cc(CC(N)C(F)(F)F)c1. The fourth-order valence-electron chi connectivity index (χ4n) is 1.56. The molecule has 2 N–H and O–H groups in total. The molecular weight excluding hydrogens is 203 g/mol. The van der Waals surface area contributed by atoms with Crippen LogP contribution in [0.3, 0.4) is 0 Å². The van der Waals surface area contributed by atoms with Gasteiger partial charge in [0.1, 0.15) is 6.04 Å². The van der Waals surface area contributed by atoms with E-state index in [1.807, 2.05) is 19.9 Å². The predicted octanol–water partition coefficient (Wildman–Crippen LogP) is 2.74. The molecular formula is C11H14F3N. The molecule has 0 bridgehead atoms. The van der Waals surface area contributed by atoms with Gasteiger partial charge < -0.3 is 5.73 Å². The predicted molar refractivity (Wildman–Crippen MR) is 53.7 cm³/mol. The molecule has 0 aliphatic heterocycles. The van der Waals surface area contributed by atoms with Crippen molar-refractivity contribution in [3.8, 4) is 0 Å². The van der Waals surface area contributed by atoms with E-state index in [1.54, 1.807) is 12.1 Å². The van der Waals surface area contributed by atoms with Gasteiger partial charge in [0.15, 0.2) is 0 Å². The largest absolute Gasteiger partial charge is 0.403 e. The van der Waals surface area contributed by atoms with E-state index in [1.165, 1.54) is 0 Å². The summed E-state index contributed by atoms with van der Waals surface area (Å²) in [4.78, 5) is 0. The normalized spacial score (nSPS) is 14.0. The molecule has 0 aliphatic carbocycles. The van der Waals surface area contributed by atoms with Crippen LogP contribution in [0.5, 0.6) is 0 Å². The lowest BCUT2D eigenvalue weighted by Gasteiger charge is -2.16. The highest BCUT2D eigenvalue weighted by molar-refractivity contribution is 5.29. The van der Waals surface area contributed by atoms with Crippen LogP contribution in [-0.2, 0) is 6.42 Å². The summed E-state index contributed by atoms with van der Waals surface area (Å²) < 4.78 is 36.6. The Hall–Kier alpha value is -1.03. The lowest BCUT2D eigenvalue weighted by molar-refractivity contribution is -0.147. The Labute approximate surface area is 87.1 Å². The highest BCUT2D eigenvalue weighted by Crippen LogP contribution is 2.22. The van der Waals surface area contributed by atoms with E-state index in [4.69, 9.17) is 5.73 Å². The van der Waals surface area contributed by atoms with Gasteiger partial charge in [-0.3, -0.25) is 0 Å². The van der Waals surface area contributed by atoms with Crippen LogP contribution >= 0.6 is 0 Å². The molecule has 0 fully saturated rings. The second-order valence-corrected chi connectivity index (χ2v) is 3.85. The van der Waals surface area contributed by atoms with Crippen molar-refractivity contribution in [3.63, 3.8) is 0 Å². The molecule has 0 amide bonds. The van der Waals surface area contributed by atoms with Crippen LogP contribution in [0.1, 0.15) is 16.7 Å². The Kier molecular flexibility index (Phi) is 3.39. The molecule has 1 unspecified atom stereocenters. The molecule has 15 heavy (non-hydrogen) atoms. The van der Waals surface area contributed by atoms with E-state index < -0.39 is 12.2 Å². The van der Waals surface area contributed by atoms with Crippen molar-refractivity contribution in [2.75, 3.05) is 0 Å². The Morgan fingerprint density at radius 3 is 2.00 bits per heavy atom. The van der Waals surface area contributed by atoms with Crippen LogP contribution in [0.15, 0.2) is 18.2 Å². The first-order valence-corrected chi connectivity index (χ1v) is 4.68. The second kappa shape index (κ2) is 4.23. The Bertz CT molecular complexity index is 324. The highest BCUT2D eigenvalue weighted by atomic mass is 19.4. The smallest absolute Gasteiger partial charge is 0.320 e. The molecule has 84 valence electrons. The van der Waals surface area contributed by atoms with Gasteiger partial charge in [0.05, 0.1) is 0 Å². The Balaban J connectivity index is 2.81. The third-order valence-corrected chi connectivity index (χ3v) is 2.16. The molecule has 0 spiro atoms. The van der Waals surface area contributed by atoms with Crippen molar-refractivity contribution >= 4 is 0 Å². The van der Waals surface area contributed by atoms with Crippen molar-refractivity contribution < 1.29 is 13.2 Å². The number of hydrogen-bond acceptors (Lipinski definition) is 1. The van der Waals surface area contributed by atoms with Crippen molar-refractivity contribution in [2.45, 2.75) is 32.5 Å². The summed E-state index contributed by atoms with van der Waals surface area (Å²) in [5.74, 6) is 0. The van der Waals surface area contributed by atoms with Gasteiger partial charge in [-0.15, -0.1) is 0 Å². The molecule has 1 aromatic carbocycles. The molecule has 0 aliphatic rings. The van der Waals surface area contributed by atoms with Gasteiger partial charge in [-0.2, -0.15) is 13.2 Å². The van der Waals surface area contributed by atoms with E-state index in [9.17, 15) is 13.2 Å². The number of nitrogens with two attached hydrogens (primary N) is 1. The molecule has 0 saturated heterocycles. The zero-order valence-corrected chi connectivity index (χ0v) is 8.73. The second-order valence-electron chi connectivity index (χ2n) is 3.85. The summed E-state index contributed by atoms with van der Waals surface area (Å²) in [5.41, 5.74) is 7.61. The van der Waals surface area contributed by atoms with E-state index in [0.717, 1.165) is 11.1 Å². The molecule has 0 aromatic heterocycles. The summed E-state index contributed by atoms with van der Waals surface area (Å²) >= 11 is 0. The average molecular weight is 217 g/mol. The van der Waals surface area contributed by atoms with Gasteiger partial charge in [-0.1, -0.05) is 29.3 Å². The van der Waals surface area contributed by atoms with Gasteiger partial charge in [-0.05, 0) is 25.8 Å². The maximum Gasteiger partial charge on any atom is 0.403 e. The number of alkyl halides is 3. The van der Waals surface area contributed by atoms with Crippen LogP contribution in [0.4, 0.5) is 13.2 Å². The first-order valence-electron chi connectivity index (χ1n) is 4.68. The molecule has 1 rings (SSSR count). The topological polar surface area (TPSA) is 26.0 Å². The summed E-state index contributed by atoms with van der Waals surface area (Å²) in [5, 5.41) is 0. The van der Waals surface area contributed by atoms with Crippen molar-refractivity contribution in [2.24, 2.45) is 5.73 Å². The first-order chi connectivity index (χ1) is 6.79. The number of hydrogen-bond donors (Lipinski definition) is 1. The first kappa shape index (κ1) is 12.0. The lowest BCUT2D eigenvalue weighted by Crippen LogP contribution is -2.39. The maximum atomic E-state index is 12.2. The maximum absolute atomic E-state index is 12.2. The quantitative estimate of drug-likeness (QED) is 0.809. The van der Waals surface area contributed by atoms with Gasteiger partial charge in [-0.25, -0.2) is 0 Å². The van der Waals surface area contributed by atoms with E-state index in [-0.39, 0.29) is 6.42 Å². The molecule has 0 heterocycles. The number of halogens is 3. The lowest BCUT2D eigenvalue weighted by atomic mass is 10.0. The van der Waals surface area contributed by atoms with Gasteiger partial charge in [0.2, 0.25) is 0 Å². The number of aryl methyl sites for hydroxylation is 2. The minimum atomic E-state index is -4.32. The number of benzene rings is 1. The van der Waals surface area contributed by atoms with E-state index in [0.29, 0.717) is 5.56 Å². The van der Waals surface area contributed by atoms with Crippen LogP contribution in [0, 0.1) is 13.8 Å². The molecule has 1 atom stereocenters. The minimum absolute atomic E-state index is 0.161. The third-order valence-electron chi connectivity index (χ3n) is 2.16. The summed E-state index contributed by atoms with van der Waals surface area (Å²) in [6.07, 6.45) is -4.48. The fourth-order valence-corrected chi connectivity index (χ4v) is 1.56. The fraction of sp³-hybridized carbons (Fsp3) is 0.455. The minimum Gasteiger partial charge on any atom is -0.320 e. The molecule has 4 heteroatoms. The van der Waals surface area contributed by atoms with E-state index in [2.05, 4.69) is 0 Å². The molecule has 0 radical (unpaired) electrons. The average Bonchev–Trinajstić information content (AvgIpc) is 1.99. The molecule has 1 nitrogen and oxygen atoms in total. The van der Waals surface area contributed by atoms with Crippen LogP contribution < -0.4 is 5.73 Å². The van der Waals surface area contributed by atoms with E-state index >= 15 is 0 Å². The van der Waals surface area contributed by atoms with Crippen LogP contribution in [-0.4, -0.2) is 12.2 Å². The number of rotatable bonds is 2. The van der Waals surface area contributed by atoms with Gasteiger partial charge >= 0.3 is 6.18 Å². The van der Waals surface area contributed by atoms with Crippen molar-refractivity contribution in [1.29, 1.82) is 0 Å². The zero-order valence-electron chi connectivity index (χ0n) is 8.73. The van der Waals surface area contributed by atoms with Gasteiger partial charge in [0.25, 0.3) is 0 Å².